The Morgan fingerprint density at radius 3 is 2.38 bits per heavy atom. The van der Waals surface area contributed by atoms with E-state index in [1.165, 1.54) is 89.5 Å². The summed E-state index contributed by atoms with van der Waals surface area (Å²) >= 11 is 1.73. The molecule has 0 aromatic carbocycles. The highest BCUT2D eigenvalue weighted by atomic mass is 32.1. The highest BCUT2D eigenvalue weighted by Gasteiger charge is 2.26. The number of rotatable bonds is 9. The van der Waals surface area contributed by atoms with E-state index >= 15 is 0 Å². The van der Waals surface area contributed by atoms with Crippen LogP contribution in [0.25, 0.3) is 5.13 Å². The maximum absolute atomic E-state index is 4.57. The molecule has 3 fully saturated rings. The Morgan fingerprint density at radius 1 is 0.853 bits per heavy atom. The van der Waals surface area contributed by atoms with E-state index in [2.05, 4.69) is 53.1 Å². The van der Waals surface area contributed by atoms with Crippen molar-refractivity contribution in [1.82, 2.24) is 29.9 Å². The molecule has 8 heteroatoms. The summed E-state index contributed by atoms with van der Waals surface area (Å²) in [4.78, 5) is 7.81. The highest BCUT2D eigenvalue weighted by Crippen LogP contribution is 2.28. The van der Waals surface area contributed by atoms with Crippen LogP contribution in [-0.4, -0.2) is 83.0 Å². The number of hydrogen-bond acceptors (Lipinski definition) is 7. The molecule has 7 nitrogen and oxygen atoms in total. The summed E-state index contributed by atoms with van der Waals surface area (Å²) in [6.45, 7) is 10.2. The standard InChI is InChI=1S/C26H43N7S/c1-2-7-15-30(14-6-1)16-9-13-27-22-24-12-8-17-33(24)26-29-28-25(34-26)32-20-18-31(19-21-32)23-10-4-3-5-11-23/h8,12,17,23,27H,1-7,9-11,13-16,18-22H2. The third kappa shape index (κ3) is 6.39. The molecule has 0 unspecified atom stereocenters. The minimum absolute atomic E-state index is 0.820. The summed E-state index contributed by atoms with van der Waals surface area (Å²) < 4.78 is 2.21. The van der Waals surface area contributed by atoms with Gasteiger partial charge in [-0.25, -0.2) is 0 Å². The van der Waals surface area contributed by atoms with Gasteiger partial charge in [0.1, 0.15) is 0 Å². The van der Waals surface area contributed by atoms with Crippen LogP contribution < -0.4 is 10.2 Å². The Bertz CT molecular complexity index is 843. The van der Waals surface area contributed by atoms with Gasteiger partial charge in [0, 0.05) is 50.7 Å². The zero-order chi connectivity index (χ0) is 23.0. The van der Waals surface area contributed by atoms with Crippen molar-refractivity contribution in [2.45, 2.75) is 76.8 Å². The second-order valence-corrected chi connectivity index (χ2v) is 11.3. The lowest BCUT2D eigenvalue weighted by atomic mass is 9.94. The zero-order valence-corrected chi connectivity index (χ0v) is 21.7. The van der Waals surface area contributed by atoms with Gasteiger partial charge in [-0.2, -0.15) is 0 Å². The molecule has 3 aliphatic rings. The number of aromatic nitrogens is 3. The second kappa shape index (κ2) is 12.5. The lowest BCUT2D eigenvalue weighted by Crippen LogP contribution is -2.50. The summed E-state index contributed by atoms with van der Waals surface area (Å²) in [6, 6.07) is 5.14. The number of hydrogen-bond donors (Lipinski definition) is 1. The first-order valence-electron chi connectivity index (χ1n) is 13.8. The molecule has 4 heterocycles. The third-order valence-electron chi connectivity index (χ3n) is 7.95. The van der Waals surface area contributed by atoms with Gasteiger partial charge >= 0.3 is 0 Å². The van der Waals surface area contributed by atoms with Gasteiger partial charge in [0.2, 0.25) is 10.3 Å². The molecule has 188 valence electrons. The second-order valence-electron chi connectivity index (χ2n) is 10.3. The van der Waals surface area contributed by atoms with Gasteiger partial charge in [-0.05, 0) is 70.4 Å². The van der Waals surface area contributed by atoms with Crippen molar-refractivity contribution >= 4 is 16.5 Å². The van der Waals surface area contributed by atoms with E-state index < -0.39 is 0 Å². The molecule has 1 saturated carbocycles. The molecule has 0 atom stereocenters. The maximum Gasteiger partial charge on any atom is 0.218 e. The quantitative estimate of drug-likeness (QED) is 0.539. The molecule has 2 saturated heterocycles. The SMILES string of the molecule is c1cc(CNCCCN2CCCCCC2)n(-c2nnc(N3CCN(C4CCCCC4)CC3)s2)c1. The zero-order valence-electron chi connectivity index (χ0n) is 20.8. The maximum atomic E-state index is 4.57. The fraction of sp³-hybridized carbons (Fsp3) is 0.769. The Morgan fingerprint density at radius 2 is 1.59 bits per heavy atom. The Hall–Kier alpha value is -1.48. The predicted molar refractivity (Wildman–Crippen MR) is 141 cm³/mol. The molecule has 5 rings (SSSR count). The first-order chi connectivity index (χ1) is 16.9. The fourth-order valence-electron chi connectivity index (χ4n) is 5.91. The molecule has 1 N–H and O–H groups in total. The molecule has 2 aliphatic heterocycles. The van der Waals surface area contributed by atoms with Crippen LogP contribution in [0.1, 0.15) is 69.9 Å². The largest absolute Gasteiger partial charge is 0.344 e. The molecule has 0 amide bonds. The molecular weight excluding hydrogens is 442 g/mol. The summed E-state index contributed by atoms with van der Waals surface area (Å²) in [5.41, 5.74) is 1.26. The topological polar surface area (TPSA) is 52.5 Å². The molecule has 2 aromatic rings. The highest BCUT2D eigenvalue weighted by molar-refractivity contribution is 7.17. The number of anilines is 1. The summed E-state index contributed by atoms with van der Waals surface area (Å²) in [5.74, 6) is 0. The number of piperazine rings is 1. The van der Waals surface area contributed by atoms with E-state index in [1.54, 1.807) is 11.3 Å². The van der Waals surface area contributed by atoms with Gasteiger partial charge in [-0.15, -0.1) is 10.2 Å². The Labute approximate surface area is 209 Å². The van der Waals surface area contributed by atoms with Gasteiger partial charge in [0.25, 0.3) is 0 Å². The fourth-order valence-corrected chi connectivity index (χ4v) is 6.82. The van der Waals surface area contributed by atoms with Crippen molar-refractivity contribution in [2.24, 2.45) is 0 Å². The van der Waals surface area contributed by atoms with Crippen molar-refractivity contribution < 1.29 is 0 Å². The van der Waals surface area contributed by atoms with Crippen LogP contribution in [0.15, 0.2) is 18.3 Å². The van der Waals surface area contributed by atoms with Crippen LogP contribution in [0.3, 0.4) is 0 Å². The summed E-state index contributed by atoms with van der Waals surface area (Å²) in [7, 11) is 0. The lowest BCUT2D eigenvalue weighted by molar-refractivity contribution is 0.148. The van der Waals surface area contributed by atoms with Crippen molar-refractivity contribution in [3.05, 3.63) is 24.0 Å². The van der Waals surface area contributed by atoms with Gasteiger partial charge in [0.15, 0.2) is 0 Å². The van der Waals surface area contributed by atoms with Crippen LogP contribution in [0, 0.1) is 0 Å². The monoisotopic (exact) mass is 485 g/mol. The van der Waals surface area contributed by atoms with Gasteiger partial charge in [-0.1, -0.05) is 43.4 Å². The molecule has 2 aromatic heterocycles. The van der Waals surface area contributed by atoms with Gasteiger partial charge in [0.05, 0.1) is 0 Å². The molecule has 0 bridgehead atoms. The van der Waals surface area contributed by atoms with E-state index in [-0.39, 0.29) is 0 Å². The lowest BCUT2D eigenvalue weighted by Gasteiger charge is -2.40. The third-order valence-corrected chi connectivity index (χ3v) is 8.93. The molecule has 1 aliphatic carbocycles. The molecule has 0 radical (unpaired) electrons. The van der Waals surface area contributed by atoms with Crippen molar-refractivity contribution in [2.75, 3.05) is 57.3 Å². The smallest absolute Gasteiger partial charge is 0.218 e. The molecule has 0 spiro atoms. The Kier molecular flexibility index (Phi) is 8.89. The average Bonchev–Trinajstić information content (AvgIpc) is 3.48. The van der Waals surface area contributed by atoms with Crippen molar-refractivity contribution in [1.29, 1.82) is 0 Å². The van der Waals surface area contributed by atoms with E-state index in [0.29, 0.717) is 0 Å². The average molecular weight is 486 g/mol. The van der Waals surface area contributed by atoms with Crippen molar-refractivity contribution in [3.63, 3.8) is 0 Å². The van der Waals surface area contributed by atoms with Crippen LogP contribution in [-0.2, 0) is 6.54 Å². The number of likely N-dealkylation sites (tertiary alicyclic amines) is 1. The molecule has 34 heavy (non-hydrogen) atoms. The minimum atomic E-state index is 0.820. The summed E-state index contributed by atoms with van der Waals surface area (Å²) in [5, 5.41) is 14.8. The van der Waals surface area contributed by atoms with E-state index in [1.807, 2.05) is 0 Å². The van der Waals surface area contributed by atoms with Crippen molar-refractivity contribution in [3.8, 4) is 5.13 Å². The first-order valence-corrected chi connectivity index (χ1v) is 14.6. The van der Waals surface area contributed by atoms with Gasteiger partial charge in [-0.3, -0.25) is 9.47 Å². The minimum Gasteiger partial charge on any atom is -0.344 e. The van der Waals surface area contributed by atoms with E-state index in [9.17, 15) is 0 Å². The predicted octanol–water partition coefficient (Wildman–Crippen LogP) is 4.14. The van der Waals surface area contributed by atoms with Crippen LogP contribution in [0.4, 0.5) is 5.13 Å². The normalized spacial score (nSPS) is 21.7. The van der Waals surface area contributed by atoms with E-state index in [4.69, 9.17) is 0 Å². The Balaban J connectivity index is 1.07. The van der Waals surface area contributed by atoms with Crippen LogP contribution in [0.5, 0.6) is 0 Å². The molecular formula is C26H43N7S. The number of nitrogens with zero attached hydrogens (tertiary/aromatic N) is 6. The first kappa shape index (κ1) is 24.2. The number of nitrogens with one attached hydrogen (secondary N) is 1. The van der Waals surface area contributed by atoms with Crippen LogP contribution >= 0.6 is 11.3 Å². The summed E-state index contributed by atoms with van der Waals surface area (Å²) in [6.07, 6.45) is 16.0. The van der Waals surface area contributed by atoms with Gasteiger partial charge < -0.3 is 15.1 Å². The van der Waals surface area contributed by atoms with Crippen LogP contribution in [0.2, 0.25) is 0 Å². The van der Waals surface area contributed by atoms with E-state index in [0.717, 1.165) is 55.6 Å².